The number of nitrogens with one attached hydrogen (secondary N) is 1. The van der Waals surface area contributed by atoms with Gasteiger partial charge in [-0.25, -0.2) is 0 Å². The largest absolute Gasteiger partial charge is 0.394 e. The number of methoxy groups -OCH3 is 1. The van der Waals surface area contributed by atoms with E-state index in [4.69, 9.17) is 4.74 Å². The molecule has 1 atom stereocenters. The summed E-state index contributed by atoms with van der Waals surface area (Å²) in [5, 5.41) is 12.0. The summed E-state index contributed by atoms with van der Waals surface area (Å²) in [5.74, 6) is -0.0955. The lowest BCUT2D eigenvalue weighted by atomic mass is 10.1. The van der Waals surface area contributed by atoms with E-state index in [0.29, 0.717) is 19.4 Å². The molecule has 1 amide bonds. The van der Waals surface area contributed by atoms with Gasteiger partial charge in [0.15, 0.2) is 0 Å². The molecule has 0 fully saturated rings. The molecule has 1 rings (SSSR count). The van der Waals surface area contributed by atoms with Crippen LogP contribution in [0, 0.1) is 0 Å². The summed E-state index contributed by atoms with van der Waals surface area (Å²) in [6.07, 6.45) is 0.956. The topological polar surface area (TPSA) is 58.6 Å². The Hall–Kier alpha value is -1.39. The van der Waals surface area contributed by atoms with Crippen LogP contribution in [-0.2, 0) is 16.0 Å². The first kappa shape index (κ1) is 13.7. The molecule has 0 spiro atoms. The first-order valence-electron chi connectivity index (χ1n) is 5.69. The highest BCUT2D eigenvalue weighted by Gasteiger charge is 2.11. The van der Waals surface area contributed by atoms with Gasteiger partial charge in [-0.3, -0.25) is 4.79 Å². The summed E-state index contributed by atoms with van der Waals surface area (Å²) in [6.45, 7) is 0.336. The molecule has 4 nitrogen and oxygen atoms in total. The van der Waals surface area contributed by atoms with Crippen molar-refractivity contribution in [2.45, 2.75) is 18.9 Å². The van der Waals surface area contributed by atoms with Gasteiger partial charge in [-0.1, -0.05) is 30.3 Å². The number of ether oxygens (including phenoxy) is 1. The molecular formula is C13H19NO3. The minimum absolute atomic E-state index is 0.0619. The first-order valence-corrected chi connectivity index (χ1v) is 5.69. The zero-order valence-electron chi connectivity index (χ0n) is 10.1. The molecule has 1 aromatic carbocycles. The zero-order chi connectivity index (χ0) is 12.5. The fourth-order valence-electron chi connectivity index (χ4n) is 1.55. The Kier molecular flexibility index (Phi) is 6.29. The van der Waals surface area contributed by atoms with Crippen molar-refractivity contribution < 1.29 is 14.6 Å². The van der Waals surface area contributed by atoms with Gasteiger partial charge in [-0.2, -0.15) is 0 Å². The van der Waals surface area contributed by atoms with E-state index in [9.17, 15) is 9.90 Å². The molecule has 1 aromatic rings. The molecule has 0 radical (unpaired) electrons. The Morgan fingerprint density at radius 1 is 1.41 bits per heavy atom. The highest BCUT2D eigenvalue weighted by atomic mass is 16.5. The second-order valence-corrected chi connectivity index (χ2v) is 3.88. The number of hydrogen-bond acceptors (Lipinski definition) is 3. The lowest BCUT2D eigenvalue weighted by Crippen LogP contribution is -2.39. The van der Waals surface area contributed by atoms with Crippen molar-refractivity contribution in [3.8, 4) is 0 Å². The van der Waals surface area contributed by atoms with Gasteiger partial charge in [0.05, 0.1) is 19.3 Å². The van der Waals surface area contributed by atoms with Crippen LogP contribution in [0.5, 0.6) is 0 Å². The SMILES string of the molecule is COCCC(=O)N[C@@H](CO)Cc1ccccc1. The number of rotatable bonds is 7. The summed E-state index contributed by atoms with van der Waals surface area (Å²) >= 11 is 0. The molecule has 0 bridgehead atoms. The second-order valence-electron chi connectivity index (χ2n) is 3.88. The summed E-state index contributed by atoms with van der Waals surface area (Å²) in [7, 11) is 1.56. The zero-order valence-corrected chi connectivity index (χ0v) is 10.1. The molecule has 0 aliphatic carbocycles. The molecule has 0 saturated heterocycles. The predicted octanol–water partition coefficient (Wildman–Crippen LogP) is 0.743. The summed E-state index contributed by atoms with van der Waals surface area (Å²) in [5.41, 5.74) is 1.10. The molecule has 0 saturated carbocycles. The van der Waals surface area contributed by atoms with E-state index in [0.717, 1.165) is 5.56 Å². The second kappa shape index (κ2) is 7.81. The molecule has 0 aromatic heterocycles. The van der Waals surface area contributed by atoms with Crippen molar-refractivity contribution in [1.82, 2.24) is 5.32 Å². The maximum absolute atomic E-state index is 11.5. The number of amides is 1. The predicted molar refractivity (Wildman–Crippen MR) is 65.7 cm³/mol. The van der Waals surface area contributed by atoms with Crippen LogP contribution >= 0.6 is 0 Å². The van der Waals surface area contributed by atoms with Gasteiger partial charge < -0.3 is 15.2 Å². The standard InChI is InChI=1S/C13H19NO3/c1-17-8-7-13(16)14-12(10-15)9-11-5-3-2-4-6-11/h2-6,12,15H,7-10H2,1H3,(H,14,16)/t12-/m1/s1. The normalized spacial score (nSPS) is 12.1. The Labute approximate surface area is 102 Å². The van der Waals surface area contributed by atoms with Crippen molar-refractivity contribution in [1.29, 1.82) is 0 Å². The van der Waals surface area contributed by atoms with Crippen molar-refractivity contribution in [3.05, 3.63) is 35.9 Å². The molecule has 2 N–H and O–H groups in total. The fraction of sp³-hybridized carbons (Fsp3) is 0.462. The average Bonchev–Trinajstić information content (AvgIpc) is 2.36. The van der Waals surface area contributed by atoms with Crippen LogP contribution in [0.3, 0.4) is 0 Å². The highest BCUT2D eigenvalue weighted by Crippen LogP contribution is 2.03. The van der Waals surface area contributed by atoms with E-state index in [2.05, 4.69) is 5.32 Å². The maximum Gasteiger partial charge on any atom is 0.222 e. The van der Waals surface area contributed by atoms with E-state index < -0.39 is 0 Å². The lowest BCUT2D eigenvalue weighted by Gasteiger charge is -2.16. The summed E-state index contributed by atoms with van der Waals surface area (Å²) in [4.78, 5) is 11.5. The smallest absolute Gasteiger partial charge is 0.222 e. The number of aliphatic hydroxyl groups excluding tert-OH is 1. The number of benzene rings is 1. The van der Waals surface area contributed by atoms with Crippen LogP contribution < -0.4 is 5.32 Å². The van der Waals surface area contributed by atoms with Gasteiger partial charge in [0.25, 0.3) is 0 Å². The van der Waals surface area contributed by atoms with E-state index in [1.165, 1.54) is 0 Å². The van der Waals surface area contributed by atoms with Gasteiger partial charge in [-0.05, 0) is 12.0 Å². The van der Waals surface area contributed by atoms with Crippen LogP contribution in [0.1, 0.15) is 12.0 Å². The van der Waals surface area contributed by atoms with Crippen molar-refractivity contribution >= 4 is 5.91 Å². The van der Waals surface area contributed by atoms with Crippen LogP contribution in [0.2, 0.25) is 0 Å². The Morgan fingerprint density at radius 3 is 2.71 bits per heavy atom. The molecule has 0 aliphatic heterocycles. The van der Waals surface area contributed by atoms with Crippen LogP contribution in [0.15, 0.2) is 30.3 Å². The number of carbonyl (C=O) groups excluding carboxylic acids is 1. The quantitative estimate of drug-likeness (QED) is 0.735. The summed E-state index contributed by atoms with van der Waals surface area (Å²) < 4.78 is 4.82. The van der Waals surface area contributed by atoms with Gasteiger partial charge >= 0.3 is 0 Å². The van der Waals surface area contributed by atoms with Gasteiger partial charge in [0, 0.05) is 13.5 Å². The van der Waals surface area contributed by atoms with E-state index in [1.54, 1.807) is 7.11 Å². The minimum atomic E-state index is -0.234. The maximum atomic E-state index is 11.5. The Bertz CT molecular complexity index is 327. The Morgan fingerprint density at radius 2 is 2.12 bits per heavy atom. The van der Waals surface area contributed by atoms with Crippen molar-refractivity contribution in [3.63, 3.8) is 0 Å². The third kappa shape index (κ3) is 5.47. The number of carbonyl (C=O) groups is 1. The van der Waals surface area contributed by atoms with E-state index >= 15 is 0 Å². The monoisotopic (exact) mass is 237 g/mol. The molecule has 4 heteroatoms. The molecule has 0 unspecified atom stereocenters. The Balaban J connectivity index is 2.41. The molecular weight excluding hydrogens is 218 g/mol. The molecule has 94 valence electrons. The molecule has 17 heavy (non-hydrogen) atoms. The molecule has 0 heterocycles. The van der Waals surface area contributed by atoms with Crippen molar-refractivity contribution in [2.75, 3.05) is 20.3 Å². The third-order valence-electron chi connectivity index (χ3n) is 2.44. The highest BCUT2D eigenvalue weighted by molar-refractivity contribution is 5.76. The first-order chi connectivity index (χ1) is 8.26. The fourth-order valence-corrected chi connectivity index (χ4v) is 1.55. The van der Waals surface area contributed by atoms with Gasteiger partial charge in [0.2, 0.25) is 5.91 Å². The van der Waals surface area contributed by atoms with Crippen molar-refractivity contribution in [2.24, 2.45) is 0 Å². The van der Waals surface area contributed by atoms with Crippen LogP contribution in [0.4, 0.5) is 0 Å². The van der Waals surface area contributed by atoms with Gasteiger partial charge in [-0.15, -0.1) is 0 Å². The van der Waals surface area contributed by atoms with Crippen LogP contribution in [0.25, 0.3) is 0 Å². The minimum Gasteiger partial charge on any atom is -0.394 e. The van der Waals surface area contributed by atoms with E-state index in [-0.39, 0.29) is 18.6 Å². The summed E-state index contributed by atoms with van der Waals surface area (Å²) in [6, 6.07) is 9.54. The third-order valence-corrected chi connectivity index (χ3v) is 2.44. The van der Waals surface area contributed by atoms with Gasteiger partial charge in [0.1, 0.15) is 0 Å². The van der Waals surface area contributed by atoms with E-state index in [1.807, 2.05) is 30.3 Å². The lowest BCUT2D eigenvalue weighted by molar-refractivity contribution is -0.122. The van der Waals surface area contributed by atoms with Crippen LogP contribution in [-0.4, -0.2) is 37.4 Å². The number of hydrogen-bond donors (Lipinski definition) is 2. The number of aliphatic hydroxyl groups is 1. The average molecular weight is 237 g/mol. The molecule has 0 aliphatic rings.